The number of ether oxygens (including phenoxy) is 3. The number of carbonyl (C=O) groups excluding carboxylic acids is 1. The van der Waals surface area contributed by atoms with E-state index in [1.807, 2.05) is 18.3 Å². The van der Waals surface area contributed by atoms with Crippen LogP contribution < -0.4 is 24.8 Å². The molecule has 1 atom stereocenters. The molecular formula is C20H26N4O4. The molecule has 3 rings (SSSR count). The Morgan fingerprint density at radius 3 is 2.61 bits per heavy atom. The van der Waals surface area contributed by atoms with E-state index in [4.69, 9.17) is 14.2 Å². The molecule has 1 aliphatic rings. The number of piperazine rings is 1. The predicted octanol–water partition coefficient (Wildman–Crippen LogP) is 1.69. The van der Waals surface area contributed by atoms with Crippen molar-refractivity contribution < 1.29 is 19.0 Å². The SMILES string of the molecule is COc1cc(NC(=O)CN2CCNCC2c2cccnc2)cc(OC)c1OC. The highest BCUT2D eigenvalue weighted by Gasteiger charge is 2.26. The van der Waals surface area contributed by atoms with E-state index in [2.05, 4.69) is 20.5 Å². The highest BCUT2D eigenvalue weighted by Crippen LogP contribution is 2.39. The first-order chi connectivity index (χ1) is 13.7. The van der Waals surface area contributed by atoms with Gasteiger partial charge in [0.25, 0.3) is 0 Å². The molecule has 150 valence electrons. The Labute approximate surface area is 164 Å². The van der Waals surface area contributed by atoms with Crippen LogP contribution in [0, 0.1) is 0 Å². The van der Waals surface area contributed by atoms with E-state index in [1.54, 1.807) is 39.7 Å². The number of aromatic nitrogens is 1. The fourth-order valence-corrected chi connectivity index (χ4v) is 3.38. The first-order valence-corrected chi connectivity index (χ1v) is 9.10. The van der Waals surface area contributed by atoms with Crippen LogP contribution in [0.1, 0.15) is 11.6 Å². The van der Waals surface area contributed by atoms with Gasteiger partial charge >= 0.3 is 0 Å². The van der Waals surface area contributed by atoms with E-state index in [-0.39, 0.29) is 18.5 Å². The zero-order valence-electron chi connectivity index (χ0n) is 16.4. The number of anilines is 1. The molecule has 28 heavy (non-hydrogen) atoms. The maximum Gasteiger partial charge on any atom is 0.238 e. The van der Waals surface area contributed by atoms with Crippen LogP contribution in [0.4, 0.5) is 5.69 Å². The molecule has 1 amide bonds. The third kappa shape index (κ3) is 4.52. The minimum Gasteiger partial charge on any atom is -0.493 e. The lowest BCUT2D eigenvalue weighted by Crippen LogP contribution is -2.48. The number of rotatable bonds is 7. The van der Waals surface area contributed by atoms with E-state index in [1.165, 1.54) is 0 Å². The summed E-state index contributed by atoms with van der Waals surface area (Å²) in [6.45, 7) is 2.68. The number of hydrogen-bond donors (Lipinski definition) is 2. The third-order valence-corrected chi connectivity index (χ3v) is 4.72. The quantitative estimate of drug-likeness (QED) is 0.749. The molecule has 0 bridgehead atoms. The molecule has 2 aromatic rings. The van der Waals surface area contributed by atoms with Crippen molar-refractivity contribution in [2.24, 2.45) is 0 Å². The normalized spacial score (nSPS) is 17.0. The van der Waals surface area contributed by atoms with Crippen molar-refractivity contribution in [2.75, 3.05) is 52.8 Å². The Morgan fingerprint density at radius 1 is 1.25 bits per heavy atom. The summed E-state index contributed by atoms with van der Waals surface area (Å²) >= 11 is 0. The topological polar surface area (TPSA) is 85.0 Å². The van der Waals surface area contributed by atoms with Crippen LogP contribution in [0.3, 0.4) is 0 Å². The second-order valence-electron chi connectivity index (χ2n) is 6.44. The Hall–Kier alpha value is -2.84. The van der Waals surface area contributed by atoms with Gasteiger partial charge in [-0.05, 0) is 11.6 Å². The molecule has 2 heterocycles. The Balaban J connectivity index is 1.72. The van der Waals surface area contributed by atoms with Gasteiger partial charge in [-0.15, -0.1) is 0 Å². The molecule has 1 saturated heterocycles. The maximum atomic E-state index is 12.7. The van der Waals surface area contributed by atoms with Gasteiger partial charge in [-0.1, -0.05) is 6.07 Å². The van der Waals surface area contributed by atoms with Crippen LogP contribution in [0.5, 0.6) is 17.2 Å². The van der Waals surface area contributed by atoms with Gasteiger partial charge in [-0.25, -0.2) is 0 Å². The van der Waals surface area contributed by atoms with Crippen molar-refractivity contribution in [1.29, 1.82) is 0 Å². The van der Waals surface area contributed by atoms with Gasteiger partial charge < -0.3 is 24.8 Å². The van der Waals surface area contributed by atoms with Gasteiger partial charge in [0.15, 0.2) is 11.5 Å². The van der Waals surface area contributed by atoms with E-state index in [9.17, 15) is 4.79 Å². The van der Waals surface area contributed by atoms with E-state index < -0.39 is 0 Å². The third-order valence-electron chi connectivity index (χ3n) is 4.72. The standard InChI is InChI=1S/C20H26N4O4/c1-26-17-9-15(10-18(27-2)20(17)28-3)23-19(25)13-24-8-7-22-12-16(24)14-5-4-6-21-11-14/h4-6,9-11,16,22H,7-8,12-13H2,1-3H3,(H,23,25). The highest BCUT2D eigenvalue weighted by molar-refractivity contribution is 5.93. The van der Waals surface area contributed by atoms with Crippen molar-refractivity contribution in [2.45, 2.75) is 6.04 Å². The Bertz CT molecular complexity index is 775. The first kappa shape index (κ1) is 19.9. The number of methoxy groups -OCH3 is 3. The summed E-state index contributed by atoms with van der Waals surface area (Å²) in [5.41, 5.74) is 1.68. The summed E-state index contributed by atoms with van der Waals surface area (Å²) in [5, 5.41) is 6.31. The molecular weight excluding hydrogens is 360 g/mol. The number of benzene rings is 1. The number of nitrogens with one attached hydrogen (secondary N) is 2. The maximum absolute atomic E-state index is 12.7. The van der Waals surface area contributed by atoms with Crippen LogP contribution in [-0.4, -0.2) is 63.3 Å². The first-order valence-electron chi connectivity index (χ1n) is 9.10. The molecule has 0 aliphatic carbocycles. The minimum absolute atomic E-state index is 0.105. The summed E-state index contributed by atoms with van der Waals surface area (Å²) in [6.07, 6.45) is 3.60. The second kappa shape index (κ2) is 9.38. The van der Waals surface area contributed by atoms with Crippen LogP contribution in [0.2, 0.25) is 0 Å². The monoisotopic (exact) mass is 386 g/mol. The number of hydrogen-bond acceptors (Lipinski definition) is 7. The van der Waals surface area contributed by atoms with Crippen molar-refractivity contribution >= 4 is 11.6 Å². The predicted molar refractivity (Wildman–Crippen MR) is 106 cm³/mol. The van der Waals surface area contributed by atoms with Crippen molar-refractivity contribution in [3.63, 3.8) is 0 Å². The molecule has 0 radical (unpaired) electrons. The molecule has 1 aromatic heterocycles. The van der Waals surface area contributed by atoms with Crippen molar-refractivity contribution in [1.82, 2.24) is 15.2 Å². The van der Waals surface area contributed by atoms with Crippen molar-refractivity contribution in [3.05, 3.63) is 42.2 Å². The summed E-state index contributed by atoms with van der Waals surface area (Å²) in [6, 6.07) is 7.49. The lowest BCUT2D eigenvalue weighted by atomic mass is 10.1. The number of carbonyl (C=O) groups is 1. The van der Waals surface area contributed by atoms with Gasteiger partial charge in [0.05, 0.1) is 27.9 Å². The molecule has 1 aromatic carbocycles. The Kier molecular flexibility index (Phi) is 6.67. The molecule has 8 nitrogen and oxygen atoms in total. The van der Waals surface area contributed by atoms with Gasteiger partial charge in [-0.3, -0.25) is 14.7 Å². The molecule has 0 spiro atoms. The fraction of sp³-hybridized carbons (Fsp3) is 0.400. The number of nitrogens with zero attached hydrogens (tertiary/aromatic N) is 2. The molecule has 2 N–H and O–H groups in total. The van der Waals surface area contributed by atoms with Gasteiger partial charge in [0, 0.05) is 55.9 Å². The summed E-state index contributed by atoms with van der Waals surface area (Å²) in [5.74, 6) is 1.37. The second-order valence-corrected chi connectivity index (χ2v) is 6.44. The van der Waals surface area contributed by atoms with Gasteiger partial charge in [0.2, 0.25) is 11.7 Å². The molecule has 8 heteroatoms. The van der Waals surface area contributed by atoms with E-state index >= 15 is 0 Å². The zero-order chi connectivity index (χ0) is 19.9. The average Bonchev–Trinajstić information content (AvgIpc) is 2.73. The van der Waals surface area contributed by atoms with E-state index in [0.717, 1.165) is 25.2 Å². The fourth-order valence-electron chi connectivity index (χ4n) is 3.38. The van der Waals surface area contributed by atoms with Crippen LogP contribution >= 0.6 is 0 Å². The zero-order valence-corrected chi connectivity index (χ0v) is 16.4. The van der Waals surface area contributed by atoms with Gasteiger partial charge in [-0.2, -0.15) is 0 Å². The summed E-state index contributed by atoms with van der Waals surface area (Å²) in [4.78, 5) is 19.1. The molecule has 1 unspecified atom stereocenters. The number of amides is 1. The van der Waals surface area contributed by atoms with Crippen LogP contribution in [-0.2, 0) is 4.79 Å². The minimum atomic E-state index is -0.106. The van der Waals surface area contributed by atoms with Gasteiger partial charge in [0.1, 0.15) is 0 Å². The van der Waals surface area contributed by atoms with Crippen molar-refractivity contribution in [3.8, 4) is 17.2 Å². The molecule has 0 saturated carbocycles. The van der Waals surface area contributed by atoms with Crippen LogP contribution in [0.25, 0.3) is 0 Å². The Morgan fingerprint density at radius 2 is 2.00 bits per heavy atom. The van der Waals surface area contributed by atoms with E-state index in [0.29, 0.717) is 22.9 Å². The van der Waals surface area contributed by atoms with Crippen LogP contribution in [0.15, 0.2) is 36.7 Å². The molecule has 1 aliphatic heterocycles. The lowest BCUT2D eigenvalue weighted by Gasteiger charge is -2.35. The number of pyridine rings is 1. The summed E-state index contributed by atoms with van der Waals surface area (Å²) in [7, 11) is 4.63. The summed E-state index contributed by atoms with van der Waals surface area (Å²) < 4.78 is 16.0. The highest BCUT2D eigenvalue weighted by atomic mass is 16.5. The lowest BCUT2D eigenvalue weighted by molar-refractivity contribution is -0.118. The average molecular weight is 386 g/mol. The molecule has 1 fully saturated rings. The largest absolute Gasteiger partial charge is 0.493 e. The smallest absolute Gasteiger partial charge is 0.238 e.